The third-order valence-electron chi connectivity index (χ3n) is 4.73. The molecule has 0 aliphatic rings. The molecule has 0 bridgehead atoms. The van der Waals surface area contributed by atoms with Gasteiger partial charge in [0.1, 0.15) is 0 Å². The van der Waals surface area contributed by atoms with Gasteiger partial charge in [0.05, 0.1) is 12.7 Å². The highest BCUT2D eigenvalue weighted by Gasteiger charge is 2.17. The molecular weight excluding hydrogens is 436 g/mol. The monoisotopic (exact) mass is 456 g/mol. The summed E-state index contributed by atoms with van der Waals surface area (Å²) in [6.07, 6.45) is 0. The molecule has 0 saturated heterocycles. The van der Waals surface area contributed by atoms with E-state index in [4.69, 9.17) is 16.3 Å². The van der Waals surface area contributed by atoms with Crippen molar-refractivity contribution < 1.29 is 9.53 Å². The predicted octanol–water partition coefficient (Wildman–Crippen LogP) is 7.52. The summed E-state index contributed by atoms with van der Waals surface area (Å²) in [4.78, 5) is 12.3. The van der Waals surface area contributed by atoms with Crippen molar-refractivity contribution in [2.45, 2.75) is 26.2 Å². The summed E-state index contributed by atoms with van der Waals surface area (Å²) in [6.45, 7) is 6.61. The van der Waals surface area contributed by atoms with E-state index in [2.05, 4.69) is 73.1 Å². The Hall–Kier alpha value is -2.10. The zero-order valence-corrected chi connectivity index (χ0v) is 18.7. The molecule has 0 atom stereocenters. The lowest BCUT2D eigenvalue weighted by atomic mass is 9.86. The highest BCUT2D eigenvalue weighted by atomic mass is 79.9. The molecule has 3 aromatic rings. The average molecular weight is 458 g/mol. The van der Waals surface area contributed by atoms with Gasteiger partial charge in [-0.1, -0.05) is 84.7 Å². The van der Waals surface area contributed by atoms with E-state index in [1.54, 1.807) is 12.1 Å². The minimum Gasteiger partial charge on any atom is -0.465 e. The van der Waals surface area contributed by atoms with E-state index >= 15 is 0 Å². The molecule has 0 heterocycles. The Morgan fingerprint density at radius 1 is 0.893 bits per heavy atom. The largest absolute Gasteiger partial charge is 0.465 e. The lowest BCUT2D eigenvalue weighted by molar-refractivity contribution is 0.0601. The maximum Gasteiger partial charge on any atom is 0.338 e. The molecule has 4 heteroatoms. The zero-order chi connectivity index (χ0) is 20.5. The van der Waals surface area contributed by atoms with Crippen LogP contribution in [0.5, 0.6) is 0 Å². The third-order valence-corrected chi connectivity index (χ3v) is 5.65. The van der Waals surface area contributed by atoms with Gasteiger partial charge < -0.3 is 4.74 Å². The van der Waals surface area contributed by atoms with Gasteiger partial charge in [0.2, 0.25) is 0 Å². The Labute approximate surface area is 179 Å². The summed E-state index contributed by atoms with van der Waals surface area (Å²) in [7, 11) is 1.37. The van der Waals surface area contributed by atoms with Crippen LogP contribution in [-0.2, 0) is 10.2 Å². The van der Waals surface area contributed by atoms with Crippen LogP contribution in [0, 0.1) is 0 Å². The summed E-state index contributed by atoms with van der Waals surface area (Å²) in [6, 6.07) is 20.0. The van der Waals surface area contributed by atoms with E-state index in [9.17, 15) is 4.79 Å². The lowest BCUT2D eigenvalue weighted by Gasteiger charge is -2.19. The number of rotatable bonds is 3. The summed E-state index contributed by atoms with van der Waals surface area (Å²) in [5.41, 5.74) is 5.72. The molecule has 0 unspecified atom stereocenters. The molecule has 2 nitrogen and oxygen atoms in total. The second kappa shape index (κ2) is 8.10. The lowest BCUT2D eigenvalue weighted by Crippen LogP contribution is -2.10. The Kier molecular flexibility index (Phi) is 5.97. The van der Waals surface area contributed by atoms with Crippen molar-refractivity contribution in [3.05, 3.63) is 81.3 Å². The molecule has 0 N–H and O–H groups in total. The van der Waals surface area contributed by atoms with Gasteiger partial charge in [-0.3, -0.25) is 0 Å². The van der Waals surface area contributed by atoms with E-state index in [1.165, 1.54) is 12.7 Å². The van der Waals surface area contributed by atoms with Gasteiger partial charge in [0.15, 0.2) is 0 Å². The Bertz CT molecular complexity index is 1020. The van der Waals surface area contributed by atoms with Crippen LogP contribution in [0.15, 0.2) is 65.1 Å². The number of hydrogen-bond donors (Lipinski definition) is 0. The Morgan fingerprint density at radius 3 is 2.14 bits per heavy atom. The summed E-state index contributed by atoms with van der Waals surface area (Å²) >= 11 is 9.72. The first kappa shape index (κ1) is 20.6. The first-order valence-corrected chi connectivity index (χ1v) is 10.2. The molecule has 0 aliphatic heterocycles. The molecule has 0 amide bonds. The topological polar surface area (TPSA) is 26.3 Å². The maximum atomic E-state index is 12.3. The molecule has 0 fully saturated rings. The van der Waals surface area contributed by atoms with Crippen molar-refractivity contribution in [1.29, 1.82) is 0 Å². The van der Waals surface area contributed by atoms with Gasteiger partial charge in [-0.25, -0.2) is 4.79 Å². The fraction of sp³-hybridized carbons (Fsp3) is 0.208. The van der Waals surface area contributed by atoms with Crippen molar-refractivity contribution in [2.24, 2.45) is 0 Å². The van der Waals surface area contributed by atoms with Crippen LogP contribution in [0.2, 0.25) is 5.02 Å². The first-order chi connectivity index (χ1) is 13.2. The number of methoxy groups -OCH3 is 1. The number of halogens is 2. The standard InChI is InChI=1S/C24H22BrClO2/c1-24(2,3)17-8-5-15(6-9-17)16-7-12-22(25)20(13-16)19-11-10-18(26)14-21(19)23(27)28-4/h5-14H,1-4H3. The van der Waals surface area contributed by atoms with Gasteiger partial charge in [0, 0.05) is 9.50 Å². The van der Waals surface area contributed by atoms with Crippen LogP contribution in [0.4, 0.5) is 0 Å². The normalized spacial score (nSPS) is 11.4. The number of ether oxygens (including phenoxy) is 1. The highest BCUT2D eigenvalue weighted by molar-refractivity contribution is 9.10. The van der Waals surface area contributed by atoms with Crippen LogP contribution >= 0.6 is 27.5 Å². The number of carbonyl (C=O) groups is 1. The summed E-state index contributed by atoms with van der Waals surface area (Å²) < 4.78 is 5.84. The number of hydrogen-bond acceptors (Lipinski definition) is 2. The van der Waals surface area contributed by atoms with Crippen LogP contribution in [0.3, 0.4) is 0 Å². The van der Waals surface area contributed by atoms with Crippen molar-refractivity contribution in [3.8, 4) is 22.3 Å². The number of carbonyl (C=O) groups excluding carboxylic acids is 1. The molecule has 3 rings (SSSR count). The second-order valence-corrected chi connectivity index (χ2v) is 8.99. The molecule has 144 valence electrons. The summed E-state index contributed by atoms with van der Waals surface area (Å²) in [5, 5.41) is 0.495. The predicted molar refractivity (Wildman–Crippen MR) is 120 cm³/mol. The first-order valence-electron chi connectivity index (χ1n) is 8.99. The molecule has 0 aromatic heterocycles. The molecule has 0 radical (unpaired) electrons. The second-order valence-electron chi connectivity index (χ2n) is 7.70. The van der Waals surface area contributed by atoms with Gasteiger partial charge in [-0.2, -0.15) is 0 Å². The molecule has 0 spiro atoms. The SMILES string of the molecule is COC(=O)c1cc(Cl)ccc1-c1cc(-c2ccc(C(C)(C)C)cc2)ccc1Br. The van der Waals surface area contributed by atoms with E-state index < -0.39 is 5.97 Å². The third kappa shape index (κ3) is 4.31. The maximum absolute atomic E-state index is 12.3. The Balaban J connectivity index is 2.10. The van der Waals surface area contributed by atoms with Crippen LogP contribution < -0.4 is 0 Å². The summed E-state index contributed by atoms with van der Waals surface area (Å²) in [5.74, 6) is -0.413. The molecule has 0 aliphatic carbocycles. The van der Waals surface area contributed by atoms with Crippen molar-refractivity contribution in [2.75, 3.05) is 7.11 Å². The van der Waals surface area contributed by atoms with Gasteiger partial charge in [0.25, 0.3) is 0 Å². The Morgan fingerprint density at radius 2 is 1.54 bits per heavy atom. The van der Waals surface area contributed by atoms with Crippen molar-refractivity contribution in [3.63, 3.8) is 0 Å². The van der Waals surface area contributed by atoms with Crippen LogP contribution in [-0.4, -0.2) is 13.1 Å². The van der Waals surface area contributed by atoms with E-state index in [-0.39, 0.29) is 5.41 Å². The van der Waals surface area contributed by atoms with E-state index in [0.717, 1.165) is 26.7 Å². The molecule has 0 saturated carbocycles. The fourth-order valence-electron chi connectivity index (χ4n) is 3.10. The minimum absolute atomic E-state index is 0.113. The zero-order valence-electron chi connectivity index (χ0n) is 16.3. The van der Waals surface area contributed by atoms with Gasteiger partial charge in [-0.05, 0) is 57.5 Å². The van der Waals surface area contributed by atoms with E-state index in [1.807, 2.05) is 12.1 Å². The smallest absolute Gasteiger partial charge is 0.338 e. The fourth-order valence-corrected chi connectivity index (χ4v) is 3.74. The van der Waals surface area contributed by atoms with Gasteiger partial charge in [-0.15, -0.1) is 0 Å². The van der Waals surface area contributed by atoms with Crippen molar-refractivity contribution in [1.82, 2.24) is 0 Å². The molecular formula is C24H22BrClO2. The quantitative estimate of drug-likeness (QED) is 0.380. The molecule has 3 aromatic carbocycles. The average Bonchev–Trinajstić information content (AvgIpc) is 2.67. The highest BCUT2D eigenvalue weighted by Crippen LogP contribution is 2.36. The minimum atomic E-state index is -0.413. The number of benzene rings is 3. The van der Waals surface area contributed by atoms with Crippen LogP contribution in [0.1, 0.15) is 36.7 Å². The number of esters is 1. The van der Waals surface area contributed by atoms with Crippen LogP contribution in [0.25, 0.3) is 22.3 Å². The van der Waals surface area contributed by atoms with Crippen molar-refractivity contribution >= 4 is 33.5 Å². The van der Waals surface area contributed by atoms with E-state index in [0.29, 0.717) is 10.6 Å². The van der Waals surface area contributed by atoms with Gasteiger partial charge >= 0.3 is 5.97 Å². The molecule has 28 heavy (non-hydrogen) atoms.